The molecule has 0 saturated heterocycles. The van der Waals surface area contributed by atoms with Crippen LogP contribution in [0, 0.1) is 17.8 Å². The maximum atomic E-state index is 10.6. The molecule has 0 unspecified atom stereocenters. The fourth-order valence-electron chi connectivity index (χ4n) is 2.65. The molecule has 2 aliphatic carbocycles. The Balaban J connectivity index is 1.96. The molecule has 1 N–H and O–H groups in total. The lowest BCUT2D eigenvalue weighted by molar-refractivity contribution is -0.152. The number of fused-ring (bicyclic) bond motifs is 1. The van der Waals surface area contributed by atoms with Gasteiger partial charge in [-0.15, -0.1) is 0 Å². The number of rotatable bonds is 1. The molecule has 0 radical (unpaired) electrons. The maximum Gasteiger partial charge on any atom is 0.306 e. The summed E-state index contributed by atoms with van der Waals surface area (Å²) in [6.45, 7) is 0. The zero-order chi connectivity index (χ0) is 7.84. The molecule has 0 aromatic heterocycles. The first-order valence-electron chi connectivity index (χ1n) is 4.52. The number of carbonyl (C=O) groups is 1. The van der Waals surface area contributed by atoms with Crippen molar-refractivity contribution < 1.29 is 9.90 Å². The normalized spacial score (nSPS) is 42.4. The molecule has 2 fully saturated rings. The van der Waals surface area contributed by atoms with Crippen LogP contribution in [-0.2, 0) is 4.79 Å². The molecular weight excluding hydrogens is 140 g/mol. The van der Waals surface area contributed by atoms with E-state index < -0.39 is 5.97 Å². The topological polar surface area (TPSA) is 37.3 Å². The average Bonchev–Trinajstić information content (AvgIpc) is 1.90. The number of hydrogen-bond donors (Lipinski definition) is 1. The second-order valence-corrected chi connectivity index (χ2v) is 3.89. The second kappa shape index (κ2) is 2.50. The van der Waals surface area contributed by atoms with Gasteiger partial charge in [-0.2, -0.15) is 0 Å². The third-order valence-electron chi connectivity index (χ3n) is 3.36. The number of carboxylic acids is 1. The Morgan fingerprint density at radius 2 is 2.00 bits per heavy atom. The Labute approximate surface area is 66.6 Å². The van der Waals surface area contributed by atoms with Crippen LogP contribution in [-0.4, -0.2) is 11.1 Å². The predicted octanol–water partition coefficient (Wildman–Crippen LogP) is 1.90. The van der Waals surface area contributed by atoms with Gasteiger partial charge in [0, 0.05) is 0 Å². The molecule has 62 valence electrons. The van der Waals surface area contributed by atoms with Crippen LogP contribution in [0.3, 0.4) is 0 Å². The molecule has 2 rings (SSSR count). The summed E-state index contributed by atoms with van der Waals surface area (Å²) in [6.07, 6.45) is 5.99. The van der Waals surface area contributed by atoms with Crippen molar-refractivity contribution in [1.29, 1.82) is 0 Å². The molecule has 0 aromatic rings. The summed E-state index contributed by atoms with van der Waals surface area (Å²) in [5.74, 6) is 0.763. The van der Waals surface area contributed by atoms with E-state index in [4.69, 9.17) is 5.11 Å². The first kappa shape index (κ1) is 7.14. The lowest BCUT2D eigenvalue weighted by atomic mass is 9.59. The van der Waals surface area contributed by atoms with Crippen LogP contribution in [0.4, 0.5) is 0 Å². The minimum absolute atomic E-state index is 0.0142. The Hall–Kier alpha value is -0.530. The first-order valence-corrected chi connectivity index (χ1v) is 4.52. The Bertz CT molecular complexity index is 176. The van der Waals surface area contributed by atoms with Crippen molar-refractivity contribution in [2.24, 2.45) is 17.8 Å². The van der Waals surface area contributed by atoms with E-state index in [0.29, 0.717) is 5.92 Å². The van der Waals surface area contributed by atoms with E-state index in [1.807, 2.05) is 0 Å². The SMILES string of the molecule is O=C(O)[C@@H]1C[C@H]2CCCC[C@H]21. The highest BCUT2D eigenvalue weighted by Gasteiger charge is 2.45. The fourth-order valence-corrected chi connectivity index (χ4v) is 2.65. The van der Waals surface area contributed by atoms with Gasteiger partial charge in [0.2, 0.25) is 0 Å². The number of hydrogen-bond acceptors (Lipinski definition) is 1. The van der Waals surface area contributed by atoms with Gasteiger partial charge in [-0.05, 0) is 24.7 Å². The van der Waals surface area contributed by atoms with Crippen molar-refractivity contribution in [3.63, 3.8) is 0 Å². The molecule has 0 bridgehead atoms. The van der Waals surface area contributed by atoms with Crippen LogP contribution in [0.15, 0.2) is 0 Å². The average molecular weight is 154 g/mol. The van der Waals surface area contributed by atoms with Gasteiger partial charge in [0.1, 0.15) is 0 Å². The van der Waals surface area contributed by atoms with Crippen molar-refractivity contribution in [1.82, 2.24) is 0 Å². The standard InChI is InChI=1S/C9H14O2/c10-9(11)8-5-6-3-1-2-4-7(6)8/h6-8H,1-5H2,(H,10,11)/t6-,7-,8-/m1/s1. The van der Waals surface area contributed by atoms with Crippen LogP contribution in [0.1, 0.15) is 32.1 Å². The fraction of sp³-hybridized carbons (Fsp3) is 0.889. The molecule has 11 heavy (non-hydrogen) atoms. The highest BCUT2D eigenvalue weighted by Crippen LogP contribution is 2.49. The van der Waals surface area contributed by atoms with Gasteiger partial charge in [0.05, 0.1) is 5.92 Å². The lowest BCUT2D eigenvalue weighted by Crippen LogP contribution is -2.43. The second-order valence-electron chi connectivity index (χ2n) is 3.89. The largest absolute Gasteiger partial charge is 0.481 e. The molecule has 0 aliphatic heterocycles. The van der Waals surface area contributed by atoms with E-state index >= 15 is 0 Å². The highest BCUT2D eigenvalue weighted by molar-refractivity contribution is 5.71. The van der Waals surface area contributed by atoms with Crippen LogP contribution >= 0.6 is 0 Å². The van der Waals surface area contributed by atoms with Gasteiger partial charge in [0.25, 0.3) is 0 Å². The van der Waals surface area contributed by atoms with Crippen LogP contribution in [0.2, 0.25) is 0 Å². The van der Waals surface area contributed by atoms with Crippen molar-refractivity contribution in [2.45, 2.75) is 32.1 Å². The number of aliphatic carboxylic acids is 1. The molecule has 0 spiro atoms. The molecule has 0 heterocycles. The van der Waals surface area contributed by atoms with Crippen molar-refractivity contribution >= 4 is 5.97 Å². The Morgan fingerprint density at radius 1 is 1.27 bits per heavy atom. The zero-order valence-electron chi connectivity index (χ0n) is 6.62. The first-order chi connectivity index (χ1) is 5.29. The van der Waals surface area contributed by atoms with E-state index in [1.165, 1.54) is 25.7 Å². The number of carboxylic acid groups (broad SMARTS) is 1. The minimum Gasteiger partial charge on any atom is -0.481 e. The van der Waals surface area contributed by atoms with E-state index in [-0.39, 0.29) is 5.92 Å². The van der Waals surface area contributed by atoms with E-state index in [2.05, 4.69) is 0 Å². The summed E-state index contributed by atoms with van der Waals surface area (Å²) < 4.78 is 0. The van der Waals surface area contributed by atoms with E-state index in [1.54, 1.807) is 0 Å². The quantitative estimate of drug-likeness (QED) is 0.626. The molecule has 0 amide bonds. The van der Waals surface area contributed by atoms with Crippen molar-refractivity contribution in [3.8, 4) is 0 Å². The van der Waals surface area contributed by atoms with E-state index in [0.717, 1.165) is 12.3 Å². The van der Waals surface area contributed by atoms with Gasteiger partial charge in [-0.25, -0.2) is 0 Å². The van der Waals surface area contributed by atoms with Crippen molar-refractivity contribution in [3.05, 3.63) is 0 Å². The van der Waals surface area contributed by atoms with Gasteiger partial charge in [-0.1, -0.05) is 19.3 Å². The molecule has 2 nitrogen and oxygen atoms in total. The zero-order valence-corrected chi connectivity index (χ0v) is 6.62. The van der Waals surface area contributed by atoms with Gasteiger partial charge in [0.15, 0.2) is 0 Å². The summed E-state index contributed by atoms with van der Waals surface area (Å²) in [4.78, 5) is 10.6. The van der Waals surface area contributed by atoms with E-state index in [9.17, 15) is 4.79 Å². The summed E-state index contributed by atoms with van der Waals surface area (Å²) in [5.41, 5.74) is 0. The monoisotopic (exact) mass is 154 g/mol. The van der Waals surface area contributed by atoms with Gasteiger partial charge >= 0.3 is 5.97 Å². The Kier molecular flexibility index (Phi) is 1.63. The molecule has 2 heteroatoms. The van der Waals surface area contributed by atoms with Crippen LogP contribution in [0.5, 0.6) is 0 Å². The van der Waals surface area contributed by atoms with Crippen LogP contribution < -0.4 is 0 Å². The molecule has 2 aliphatic rings. The summed E-state index contributed by atoms with van der Waals surface area (Å²) >= 11 is 0. The predicted molar refractivity (Wildman–Crippen MR) is 41.2 cm³/mol. The van der Waals surface area contributed by atoms with Crippen molar-refractivity contribution in [2.75, 3.05) is 0 Å². The third kappa shape index (κ3) is 1.05. The summed E-state index contributed by atoms with van der Waals surface area (Å²) in [7, 11) is 0. The lowest BCUT2D eigenvalue weighted by Gasteiger charge is -2.45. The minimum atomic E-state index is -0.562. The molecular formula is C9H14O2. The summed E-state index contributed by atoms with van der Waals surface area (Å²) in [5, 5.41) is 8.77. The van der Waals surface area contributed by atoms with Gasteiger partial charge in [-0.3, -0.25) is 4.79 Å². The molecule has 3 atom stereocenters. The smallest absolute Gasteiger partial charge is 0.306 e. The third-order valence-corrected chi connectivity index (χ3v) is 3.36. The molecule has 0 aromatic carbocycles. The van der Waals surface area contributed by atoms with Crippen LogP contribution in [0.25, 0.3) is 0 Å². The van der Waals surface area contributed by atoms with Gasteiger partial charge < -0.3 is 5.11 Å². The summed E-state index contributed by atoms with van der Waals surface area (Å²) in [6, 6.07) is 0. The Morgan fingerprint density at radius 3 is 2.64 bits per heavy atom. The highest BCUT2D eigenvalue weighted by atomic mass is 16.4. The maximum absolute atomic E-state index is 10.6. The molecule has 2 saturated carbocycles.